The first-order chi connectivity index (χ1) is 17.8. The lowest BCUT2D eigenvalue weighted by Crippen LogP contribution is -2.40. The van der Waals surface area contributed by atoms with Crippen LogP contribution in [0, 0.1) is 5.92 Å². The molecule has 0 N–H and O–H groups in total. The lowest BCUT2D eigenvalue weighted by Gasteiger charge is -2.31. The third kappa shape index (κ3) is 6.32. The summed E-state index contributed by atoms with van der Waals surface area (Å²) >= 11 is 6.02. The second-order valence-corrected chi connectivity index (χ2v) is 11.1. The summed E-state index contributed by atoms with van der Waals surface area (Å²) in [6.45, 7) is 3.05. The SMILES string of the molecule is CCOC(=O)C1CCN(C(=O)c2cccc(N(Cc3ccc(Cl)cc3)S(=O)(=O)c3ccccc3)c2)CC1. The van der Waals surface area contributed by atoms with Gasteiger partial charge in [-0.1, -0.05) is 48.0 Å². The summed E-state index contributed by atoms with van der Waals surface area (Å²) in [5, 5.41) is 0.556. The highest BCUT2D eigenvalue weighted by Gasteiger charge is 2.30. The van der Waals surface area contributed by atoms with E-state index in [-0.39, 0.29) is 29.2 Å². The van der Waals surface area contributed by atoms with E-state index < -0.39 is 10.0 Å². The van der Waals surface area contributed by atoms with Crippen molar-refractivity contribution in [3.8, 4) is 0 Å². The minimum absolute atomic E-state index is 0.0664. The molecule has 1 aliphatic rings. The summed E-state index contributed by atoms with van der Waals surface area (Å²) in [5.41, 5.74) is 1.52. The fourth-order valence-electron chi connectivity index (χ4n) is 4.35. The Morgan fingerprint density at radius 2 is 1.65 bits per heavy atom. The Kier molecular flexibility index (Phi) is 8.51. The Labute approximate surface area is 222 Å². The van der Waals surface area contributed by atoms with Crippen molar-refractivity contribution in [1.82, 2.24) is 4.90 Å². The fourth-order valence-corrected chi connectivity index (χ4v) is 5.94. The number of carbonyl (C=O) groups excluding carboxylic acids is 2. The van der Waals surface area contributed by atoms with Gasteiger partial charge >= 0.3 is 5.97 Å². The molecule has 1 fully saturated rings. The number of carbonyl (C=O) groups is 2. The first kappa shape index (κ1) is 26.7. The van der Waals surface area contributed by atoms with Crippen LogP contribution in [0.4, 0.5) is 5.69 Å². The van der Waals surface area contributed by atoms with Gasteiger partial charge in [-0.05, 0) is 67.8 Å². The molecule has 0 aliphatic carbocycles. The smallest absolute Gasteiger partial charge is 0.309 e. The maximum atomic E-state index is 13.7. The molecule has 0 saturated carbocycles. The number of benzene rings is 3. The van der Waals surface area contributed by atoms with Crippen LogP contribution in [0.2, 0.25) is 5.02 Å². The zero-order valence-corrected chi connectivity index (χ0v) is 22.1. The van der Waals surface area contributed by atoms with Gasteiger partial charge in [-0.25, -0.2) is 8.42 Å². The molecule has 194 valence electrons. The van der Waals surface area contributed by atoms with E-state index in [0.717, 1.165) is 5.56 Å². The summed E-state index contributed by atoms with van der Waals surface area (Å²) in [6.07, 6.45) is 1.07. The number of hydrogen-bond acceptors (Lipinski definition) is 5. The molecule has 0 radical (unpaired) electrons. The molecule has 0 unspecified atom stereocenters. The van der Waals surface area contributed by atoms with Gasteiger partial charge in [0.25, 0.3) is 15.9 Å². The largest absolute Gasteiger partial charge is 0.466 e. The average Bonchev–Trinajstić information content (AvgIpc) is 2.93. The van der Waals surface area contributed by atoms with Crippen LogP contribution in [0.25, 0.3) is 0 Å². The second kappa shape index (κ2) is 11.8. The summed E-state index contributed by atoms with van der Waals surface area (Å²) in [6, 6.07) is 21.8. The number of amides is 1. The number of sulfonamides is 1. The van der Waals surface area contributed by atoms with Crippen molar-refractivity contribution in [3.05, 3.63) is 95.0 Å². The standard InChI is InChI=1S/C28H29ClN2O5S/c1-2-36-28(33)22-15-17-30(18-16-22)27(32)23-7-6-8-25(19-23)31(20-21-11-13-24(29)14-12-21)37(34,35)26-9-4-3-5-10-26/h3-14,19,22H,2,15-18,20H2,1H3. The zero-order valence-electron chi connectivity index (χ0n) is 20.5. The van der Waals surface area contributed by atoms with Gasteiger partial charge in [0.05, 0.1) is 29.7 Å². The van der Waals surface area contributed by atoms with E-state index in [2.05, 4.69) is 0 Å². The number of hydrogen-bond donors (Lipinski definition) is 0. The number of likely N-dealkylation sites (tertiary alicyclic amines) is 1. The maximum Gasteiger partial charge on any atom is 0.309 e. The first-order valence-electron chi connectivity index (χ1n) is 12.2. The zero-order chi connectivity index (χ0) is 26.4. The van der Waals surface area contributed by atoms with E-state index in [1.165, 1.54) is 4.31 Å². The van der Waals surface area contributed by atoms with Crippen molar-refractivity contribution in [2.75, 3.05) is 24.0 Å². The Bertz CT molecular complexity index is 1340. The normalized spacial score (nSPS) is 14.3. The molecule has 0 bridgehead atoms. The van der Waals surface area contributed by atoms with Gasteiger partial charge in [-0.15, -0.1) is 0 Å². The highest BCUT2D eigenvalue weighted by molar-refractivity contribution is 7.92. The van der Waals surface area contributed by atoms with Crippen LogP contribution in [0.5, 0.6) is 0 Å². The van der Waals surface area contributed by atoms with Gasteiger partial charge in [0.2, 0.25) is 0 Å². The monoisotopic (exact) mass is 540 g/mol. The Balaban J connectivity index is 1.61. The van der Waals surface area contributed by atoms with Crippen molar-refractivity contribution in [3.63, 3.8) is 0 Å². The van der Waals surface area contributed by atoms with Gasteiger partial charge in [0.1, 0.15) is 0 Å². The van der Waals surface area contributed by atoms with Crippen LogP contribution < -0.4 is 4.31 Å². The lowest BCUT2D eigenvalue weighted by atomic mass is 9.96. The topological polar surface area (TPSA) is 84.0 Å². The molecule has 37 heavy (non-hydrogen) atoms. The molecule has 0 atom stereocenters. The molecule has 7 nitrogen and oxygen atoms in total. The predicted octanol–water partition coefficient (Wildman–Crippen LogP) is 5.15. The summed E-state index contributed by atoms with van der Waals surface area (Å²) in [5.74, 6) is -0.630. The Hall–Kier alpha value is -3.36. The van der Waals surface area contributed by atoms with Crippen LogP contribution in [0.3, 0.4) is 0 Å². The number of esters is 1. The quantitative estimate of drug-likeness (QED) is 0.369. The van der Waals surface area contributed by atoms with E-state index in [1.807, 2.05) is 0 Å². The number of ether oxygens (including phenoxy) is 1. The minimum Gasteiger partial charge on any atom is -0.466 e. The molecule has 3 aromatic carbocycles. The third-order valence-electron chi connectivity index (χ3n) is 6.35. The molecule has 9 heteroatoms. The number of halogens is 1. The summed E-state index contributed by atoms with van der Waals surface area (Å²) in [4.78, 5) is 27.2. The van der Waals surface area contributed by atoms with E-state index in [1.54, 1.807) is 90.7 Å². The lowest BCUT2D eigenvalue weighted by molar-refractivity contribution is -0.149. The van der Waals surface area contributed by atoms with Crippen molar-refractivity contribution in [1.29, 1.82) is 0 Å². The number of anilines is 1. The Morgan fingerprint density at radius 3 is 2.30 bits per heavy atom. The fraction of sp³-hybridized carbons (Fsp3) is 0.286. The molecule has 1 saturated heterocycles. The summed E-state index contributed by atoms with van der Waals surface area (Å²) < 4.78 is 33.8. The summed E-state index contributed by atoms with van der Waals surface area (Å²) in [7, 11) is -3.93. The first-order valence-corrected chi connectivity index (χ1v) is 14.0. The molecule has 1 amide bonds. The van der Waals surface area contributed by atoms with Gasteiger partial charge < -0.3 is 9.64 Å². The molecule has 1 aliphatic heterocycles. The maximum absolute atomic E-state index is 13.7. The minimum atomic E-state index is -3.93. The van der Waals surface area contributed by atoms with Crippen LogP contribution in [0.1, 0.15) is 35.7 Å². The van der Waals surface area contributed by atoms with Gasteiger partial charge in [-0.3, -0.25) is 13.9 Å². The van der Waals surface area contributed by atoms with E-state index in [0.29, 0.717) is 48.8 Å². The van der Waals surface area contributed by atoms with Crippen molar-refractivity contribution in [2.45, 2.75) is 31.2 Å². The average molecular weight is 541 g/mol. The van der Waals surface area contributed by atoms with Gasteiger partial charge in [-0.2, -0.15) is 0 Å². The van der Waals surface area contributed by atoms with Crippen molar-refractivity contribution >= 4 is 39.2 Å². The molecular formula is C28H29ClN2O5S. The van der Waals surface area contributed by atoms with Crippen LogP contribution in [-0.4, -0.2) is 44.9 Å². The second-order valence-electron chi connectivity index (χ2n) is 8.82. The van der Waals surface area contributed by atoms with E-state index >= 15 is 0 Å². The van der Waals surface area contributed by atoms with Crippen molar-refractivity contribution in [2.24, 2.45) is 5.92 Å². The van der Waals surface area contributed by atoms with Crippen LogP contribution in [-0.2, 0) is 26.1 Å². The highest BCUT2D eigenvalue weighted by Crippen LogP contribution is 2.28. The van der Waals surface area contributed by atoms with Gasteiger partial charge in [0, 0.05) is 23.7 Å². The van der Waals surface area contributed by atoms with Gasteiger partial charge in [0.15, 0.2) is 0 Å². The van der Waals surface area contributed by atoms with Crippen LogP contribution in [0.15, 0.2) is 83.8 Å². The van der Waals surface area contributed by atoms with E-state index in [4.69, 9.17) is 16.3 Å². The molecule has 0 aromatic heterocycles. The predicted molar refractivity (Wildman–Crippen MR) is 143 cm³/mol. The Morgan fingerprint density at radius 1 is 0.973 bits per heavy atom. The molecule has 1 heterocycles. The molecule has 3 aromatic rings. The van der Waals surface area contributed by atoms with E-state index in [9.17, 15) is 18.0 Å². The molecule has 0 spiro atoms. The highest BCUT2D eigenvalue weighted by atomic mass is 35.5. The number of rotatable bonds is 8. The van der Waals surface area contributed by atoms with Crippen molar-refractivity contribution < 1.29 is 22.7 Å². The number of piperidine rings is 1. The molecule has 4 rings (SSSR count). The number of nitrogens with zero attached hydrogens (tertiary/aromatic N) is 2. The van der Waals surface area contributed by atoms with Crippen LogP contribution >= 0.6 is 11.6 Å². The third-order valence-corrected chi connectivity index (χ3v) is 8.39. The molecular weight excluding hydrogens is 512 g/mol.